The molecule has 2 aromatic rings. The third kappa shape index (κ3) is 3.57. The summed E-state index contributed by atoms with van der Waals surface area (Å²) >= 11 is 0. The zero-order chi connectivity index (χ0) is 18.7. The minimum atomic E-state index is -0.0566. The third-order valence-electron chi connectivity index (χ3n) is 5.57. The van der Waals surface area contributed by atoms with E-state index >= 15 is 0 Å². The molecule has 0 unspecified atom stereocenters. The van der Waals surface area contributed by atoms with E-state index in [-0.39, 0.29) is 18.6 Å². The van der Waals surface area contributed by atoms with Crippen molar-refractivity contribution in [3.05, 3.63) is 29.5 Å². The Morgan fingerprint density at radius 2 is 2.19 bits per heavy atom. The molecule has 2 heterocycles. The van der Waals surface area contributed by atoms with Crippen LogP contribution in [0, 0.1) is 6.92 Å². The Morgan fingerprint density at radius 1 is 1.38 bits per heavy atom. The van der Waals surface area contributed by atoms with E-state index in [4.69, 9.17) is 4.74 Å². The van der Waals surface area contributed by atoms with Crippen molar-refractivity contribution < 1.29 is 14.6 Å². The van der Waals surface area contributed by atoms with Crippen LogP contribution in [0.5, 0.6) is 5.75 Å². The molecular formula is C20H29N3O3. The number of benzene rings is 1. The summed E-state index contributed by atoms with van der Waals surface area (Å²) in [7, 11) is 3.60. The summed E-state index contributed by atoms with van der Waals surface area (Å²) in [5, 5.41) is 13.5. The number of hydrogen-bond donors (Lipinski definition) is 2. The molecule has 0 saturated carbocycles. The molecule has 1 atom stereocenters. The van der Waals surface area contributed by atoms with Gasteiger partial charge in [-0.1, -0.05) is 6.42 Å². The molecule has 6 heteroatoms. The highest BCUT2D eigenvalue weighted by Crippen LogP contribution is 2.28. The van der Waals surface area contributed by atoms with Crippen LogP contribution in [0.2, 0.25) is 0 Å². The molecule has 1 fully saturated rings. The van der Waals surface area contributed by atoms with Crippen LogP contribution >= 0.6 is 0 Å². The quantitative estimate of drug-likeness (QED) is 0.829. The lowest BCUT2D eigenvalue weighted by atomic mass is 10.0. The van der Waals surface area contributed by atoms with Gasteiger partial charge in [-0.15, -0.1) is 0 Å². The Kier molecular flexibility index (Phi) is 5.84. The van der Waals surface area contributed by atoms with Crippen LogP contribution in [0.15, 0.2) is 18.2 Å². The van der Waals surface area contributed by atoms with Gasteiger partial charge in [0, 0.05) is 42.8 Å². The highest BCUT2D eigenvalue weighted by atomic mass is 16.5. The van der Waals surface area contributed by atoms with Crippen molar-refractivity contribution in [1.82, 2.24) is 14.8 Å². The number of fused-ring (bicyclic) bond motifs is 1. The number of nitrogens with zero attached hydrogens (tertiary/aromatic N) is 2. The normalized spacial score (nSPS) is 18.2. The molecule has 0 spiro atoms. The smallest absolute Gasteiger partial charge is 0.253 e. The average Bonchev–Trinajstić information content (AvgIpc) is 2.92. The third-order valence-corrected chi connectivity index (χ3v) is 5.57. The summed E-state index contributed by atoms with van der Waals surface area (Å²) in [5.41, 5.74) is 2.67. The molecule has 1 aromatic carbocycles. The number of carbonyl (C=O) groups is 1. The van der Waals surface area contributed by atoms with E-state index < -0.39 is 0 Å². The molecule has 1 aromatic heterocycles. The van der Waals surface area contributed by atoms with Crippen molar-refractivity contribution in [3.8, 4) is 5.75 Å². The zero-order valence-corrected chi connectivity index (χ0v) is 15.9. The number of aliphatic hydroxyl groups excluding tert-OH is 1. The molecule has 0 radical (unpaired) electrons. The summed E-state index contributed by atoms with van der Waals surface area (Å²) in [6.07, 6.45) is 3.37. The first kappa shape index (κ1) is 18.7. The van der Waals surface area contributed by atoms with Crippen LogP contribution in [-0.2, 0) is 7.05 Å². The van der Waals surface area contributed by atoms with E-state index in [1.807, 2.05) is 36.7 Å². The number of rotatable bonds is 6. The standard InChI is InChI=1S/C20H29N3O3/c1-14-19(17-12-16(26-3)7-8-18(17)22(14)2)20(25)21-9-11-23-10-5-4-6-15(23)13-24/h7-8,12,15,24H,4-6,9-11,13H2,1-3H3,(H,21,25)/t15-/m1/s1. The Labute approximate surface area is 154 Å². The Balaban J connectivity index is 1.72. The zero-order valence-electron chi connectivity index (χ0n) is 15.9. The van der Waals surface area contributed by atoms with Crippen molar-refractivity contribution in [2.24, 2.45) is 7.05 Å². The molecule has 6 nitrogen and oxygen atoms in total. The number of likely N-dealkylation sites (tertiary alicyclic amines) is 1. The number of amides is 1. The van der Waals surface area contributed by atoms with Gasteiger partial charge in [-0.05, 0) is 44.5 Å². The van der Waals surface area contributed by atoms with Gasteiger partial charge in [-0.3, -0.25) is 9.69 Å². The molecule has 0 aliphatic carbocycles. The minimum Gasteiger partial charge on any atom is -0.497 e. The van der Waals surface area contributed by atoms with Gasteiger partial charge in [0.2, 0.25) is 0 Å². The number of carbonyl (C=O) groups excluding carboxylic acids is 1. The van der Waals surface area contributed by atoms with Gasteiger partial charge in [0.1, 0.15) is 5.75 Å². The molecule has 1 aliphatic rings. The largest absolute Gasteiger partial charge is 0.497 e. The van der Waals surface area contributed by atoms with Gasteiger partial charge < -0.3 is 19.7 Å². The fraction of sp³-hybridized carbons (Fsp3) is 0.550. The Bertz CT molecular complexity index is 784. The van der Waals surface area contributed by atoms with Gasteiger partial charge in [0.05, 0.1) is 19.3 Å². The second-order valence-electron chi connectivity index (χ2n) is 7.03. The van der Waals surface area contributed by atoms with Crippen LogP contribution in [0.25, 0.3) is 10.9 Å². The number of aliphatic hydroxyl groups is 1. The van der Waals surface area contributed by atoms with Crippen molar-refractivity contribution >= 4 is 16.8 Å². The van der Waals surface area contributed by atoms with Gasteiger partial charge >= 0.3 is 0 Å². The minimum absolute atomic E-state index is 0.0566. The van der Waals surface area contributed by atoms with Crippen LogP contribution < -0.4 is 10.1 Å². The van der Waals surface area contributed by atoms with Crippen LogP contribution in [-0.4, -0.2) is 59.9 Å². The van der Waals surface area contributed by atoms with Crippen molar-refractivity contribution in [2.45, 2.75) is 32.2 Å². The number of aryl methyl sites for hydroxylation is 1. The lowest BCUT2D eigenvalue weighted by Crippen LogP contribution is -2.45. The first-order chi connectivity index (χ1) is 12.6. The van der Waals surface area contributed by atoms with E-state index in [0.717, 1.165) is 48.3 Å². The summed E-state index contributed by atoms with van der Waals surface area (Å²) in [4.78, 5) is 15.1. The fourth-order valence-electron chi connectivity index (χ4n) is 3.93. The topological polar surface area (TPSA) is 66.7 Å². The molecule has 142 valence electrons. The summed E-state index contributed by atoms with van der Waals surface area (Å²) in [6, 6.07) is 6.04. The summed E-state index contributed by atoms with van der Waals surface area (Å²) in [5.74, 6) is 0.690. The van der Waals surface area contributed by atoms with Crippen LogP contribution in [0.1, 0.15) is 35.3 Å². The number of piperidine rings is 1. The maximum atomic E-state index is 12.9. The highest BCUT2D eigenvalue weighted by molar-refractivity contribution is 6.08. The first-order valence-corrected chi connectivity index (χ1v) is 9.33. The second-order valence-corrected chi connectivity index (χ2v) is 7.03. The van der Waals surface area contributed by atoms with Gasteiger partial charge in [0.15, 0.2) is 0 Å². The number of methoxy groups -OCH3 is 1. The first-order valence-electron chi connectivity index (χ1n) is 9.33. The van der Waals surface area contributed by atoms with E-state index in [1.54, 1.807) is 7.11 Å². The number of nitrogens with one attached hydrogen (secondary N) is 1. The summed E-state index contributed by atoms with van der Waals surface area (Å²) < 4.78 is 7.36. The van der Waals surface area contributed by atoms with Gasteiger partial charge in [0.25, 0.3) is 5.91 Å². The SMILES string of the molecule is COc1ccc2c(c1)c(C(=O)NCCN1CCCC[C@@H]1CO)c(C)n2C. The maximum Gasteiger partial charge on any atom is 0.253 e. The van der Waals surface area contributed by atoms with Crippen LogP contribution in [0.3, 0.4) is 0 Å². The highest BCUT2D eigenvalue weighted by Gasteiger charge is 2.22. The second kappa shape index (κ2) is 8.10. The van der Waals surface area contributed by atoms with Gasteiger partial charge in [-0.25, -0.2) is 0 Å². The predicted molar refractivity (Wildman–Crippen MR) is 103 cm³/mol. The van der Waals surface area contributed by atoms with Crippen LogP contribution in [0.4, 0.5) is 0 Å². The van der Waals surface area contributed by atoms with Crippen molar-refractivity contribution in [3.63, 3.8) is 0 Å². The Morgan fingerprint density at radius 3 is 2.92 bits per heavy atom. The van der Waals surface area contributed by atoms with Crippen molar-refractivity contribution in [2.75, 3.05) is 33.4 Å². The molecule has 1 saturated heterocycles. The molecule has 1 amide bonds. The molecular weight excluding hydrogens is 330 g/mol. The van der Waals surface area contributed by atoms with E-state index in [2.05, 4.69) is 10.2 Å². The lowest BCUT2D eigenvalue weighted by molar-refractivity contribution is 0.0849. The Hall–Kier alpha value is -2.05. The van der Waals surface area contributed by atoms with E-state index in [1.165, 1.54) is 6.42 Å². The van der Waals surface area contributed by atoms with E-state index in [0.29, 0.717) is 12.1 Å². The maximum absolute atomic E-state index is 12.9. The molecule has 1 aliphatic heterocycles. The van der Waals surface area contributed by atoms with E-state index in [9.17, 15) is 9.90 Å². The fourth-order valence-corrected chi connectivity index (χ4v) is 3.93. The monoisotopic (exact) mass is 359 g/mol. The van der Waals surface area contributed by atoms with Crippen molar-refractivity contribution in [1.29, 1.82) is 0 Å². The van der Waals surface area contributed by atoms with Gasteiger partial charge in [-0.2, -0.15) is 0 Å². The molecule has 26 heavy (non-hydrogen) atoms. The lowest BCUT2D eigenvalue weighted by Gasteiger charge is -2.34. The average molecular weight is 359 g/mol. The number of aromatic nitrogens is 1. The summed E-state index contributed by atoms with van der Waals surface area (Å²) in [6.45, 7) is 4.49. The molecule has 2 N–H and O–H groups in total. The predicted octanol–water partition coefficient (Wildman–Crippen LogP) is 2.07. The molecule has 0 bridgehead atoms. The number of hydrogen-bond acceptors (Lipinski definition) is 4. The molecule has 3 rings (SSSR count). The number of ether oxygens (including phenoxy) is 1.